The highest BCUT2D eigenvalue weighted by molar-refractivity contribution is 7.46. The smallest absolute Gasteiger partial charge is 0.303 e. The molecule has 0 saturated carbocycles. The van der Waals surface area contributed by atoms with Crippen molar-refractivity contribution in [3.63, 3.8) is 0 Å². The molecule has 1 unspecified atom stereocenters. The summed E-state index contributed by atoms with van der Waals surface area (Å²) in [5, 5.41) is 0. The van der Waals surface area contributed by atoms with Crippen molar-refractivity contribution < 1.29 is 23.3 Å². The number of rotatable bonds is 3. The van der Waals surface area contributed by atoms with Crippen LogP contribution < -0.4 is 0 Å². The zero-order chi connectivity index (χ0) is 7.49. The van der Waals surface area contributed by atoms with Crippen LogP contribution in [0.5, 0.6) is 0 Å². The van der Waals surface area contributed by atoms with E-state index in [0.29, 0.717) is 0 Å². The van der Waals surface area contributed by atoms with Crippen LogP contribution in [-0.2, 0) is 9.09 Å². The fourth-order valence-corrected chi connectivity index (χ4v) is 0.788. The molecule has 0 aromatic carbocycles. The van der Waals surface area contributed by atoms with E-state index in [1.54, 1.807) is 0 Å². The Labute approximate surface area is 51.9 Å². The highest BCUT2D eigenvalue weighted by atomic mass is 31.2. The molecular weight excluding hydrogens is 150 g/mol. The molecule has 4 nitrogen and oxygen atoms in total. The third kappa shape index (κ3) is 5.92. The molecule has 0 fully saturated rings. The highest BCUT2D eigenvalue weighted by Crippen LogP contribution is 2.37. The number of alkyl halides is 1. The average molecular weight is 158 g/mol. The van der Waals surface area contributed by atoms with Gasteiger partial charge in [0.2, 0.25) is 0 Å². The summed E-state index contributed by atoms with van der Waals surface area (Å²) in [7, 11) is -4.48. The lowest BCUT2D eigenvalue weighted by molar-refractivity contribution is 0.124. The van der Waals surface area contributed by atoms with Crippen molar-refractivity contribution in [2.45, 2.75) is 13.0 Å². The first-order valence-electron chi connectivity index (χ1n) is 2.25. The monoisotopic (exact) mass is 158 g/mol. The quantitative estimate of drug-likeness (QED) is 0.585. The van der Waals surface area contributed by atoms with Gasteiger partial charge in [-0.1, -0.05) is 0 Å². The molecule has 0 heterocycles. The largest absolute Gasteiger partial charge is 0.469 e. The van der Waals surface area contributed by atoms with Gasteiger partial charge in [0.05, 0.1) is 6.10 Å². The van der Waals surface area contributed by atoms with Crippen molar-refractivity contribution in [1.29, 1.82) is 0 Å². The second-order valence-electron chi connectivity index (χ2n) is 1.56. The van der Waals surface area contributed by atoms with E-state index in [1.165, 1.54) is 6.92 Å². The van der Waals surface area contributed by atoms with Crippen LogP contribution in [0.25, 0.3) is 0 Å². The number of phosphoric ester groups is 1. The Balaban J connectivity index is 3.60. The Bertz CT molecular complexity index is 121. The first-order chi connectivity index (χ1) is 3.95. The normalized spacial score (nSPS) is 15.6. The summed E-state index contributed by atoms with van der Waals surface area (Å²) in [6.45, 7) is 0.337. The van der Waals surface area contributed by atoms with E-state index in [4.69, 9.17) is 9.79 Å². The predicted octanol–water partition coefficient (Wildman–Crippen LogP) is 0.454. The van der Waals surface area contributed by atoms with Crippen LogP contribution in [0.1, 0.15) is 6.92 Å². The first kappa shape index (κ1) is 9.04. The van der Waals surface area contributed by atoms with E-state index in [9.17, 15) is 8.96 Å². The van der Waals surface area contributed by atoms with E-state index in [-0.39, 0.29) is 0 Å². The zero-order valence-corrected chi connectivity index (χ0v) is 5.71. The van der Waals surface area contributed by atoms with Crippen LogP contribution in [0.4, 0.5) is 4.39 Å². The van der Waals surface area contributed by atoms with Crippen molar-refractivity contribution in [1.82, 2.24) is 0 Å². The molecule has 2 N–H and O–H groups in total. The van der Waals surface area contributed by atoms with Gasteiger partial charge < -0.3 is 9.79 Å². The predicted molar refractivity (Wildman–Crippen MR) is 28.6 cm³/mol. The van der Waals surface area contributed by atoms with Gasteiger partial charge in [-0.15, -0.1) is 0 Å². The molecule has 0 aliphatic heterocycles. The van der Waals surface area contributed by atoms with E-state index in [2.05, 4.69) is 4.52 Å². The minimum Gasteiger partial charge on any atom is -0.303 e. The van der Waals surface area contributed by atoms with Gasteiger partial charge in [0, 0.05) is 0 Å². The Kier molecular flexibility index (Phi) is 3.28. The summed E-state index contributed by atoms with van der Waals surface area (Å²) >= 11 is 0. The van der Waals surface area contributed by atoms with Gasteiger partial charge >= 0.3 is 7.82 Å². The molecule has 0 spiro atoms. The summed E-state index contributed by atoms with van der Waals surface area (Å²) in [6, 6.07) is 0. The molecule has 1 atom stereocenters. The fourth-order valence-electron chi connectivity index (χ4n) is 0.263. The number of halogens is 1. The third-order valence-corrected chi connectivity index (χ3v) is 1.17. The topological polar surface area (TPSA) is 66.8 Å². The van der Waals surface area contributed by atoms with Gasteiger partial charge in [0.1, 0.15) is 6.67 Å². The fraction of sp³-hybridized carbons (Fsp3) is 1.00. The molecule has 0 aliphatic rings. The van der Waals surface area contributed by atoms with Gasteiger partial charge in [-0.2, -0.15) is 0 Å². The molecular formula is C3H8FO4P. The molecule has 0 bridgehead atoms. The van der Waals surface area contributed by atoms with Crippen LogP contribution in [-0.4, -0.2) is 22.6 Å². The Morgan fingerprint density at radius 1 is 1.78 bits per heavy atom. The van der Waals surface area contributed by atoms with E-state index >= 15 is 0 Å². The summed E-state index contributed by atoms with van der Waals surface area (Å²) < 4.78 is 25.2. The van der Waals surface area contributed by atoms with E-state index in [1.807, 2.05) is 0 Å². The van der Waals surface area contributed by atoms with Crippen molar-refractivity contribution in [3.05, 3.63) is 0 Å². The molecule has 0 radical (unpaired) electrons. The SMILES string of the molecule is CC(CF)OP(=O)(O)O. The van der Waals surface area contributed by atoms with E-state index < -0.39 is 20.6 Å². The molecule has 0 aromatic heterocycles. The van der Waals surface area contributed by atoms with Gasteiger partial charge in [0.25, 0.3) is 0 Å². The van der Waals surface area contributed by atoms with Crippen molar-refractivity contribution in [2.24, 2.45) is 0 Å². The highest BCUT2D eigenvalue weighted by Gasteiger charge is 2.17. The number of hydrogen-bond acceptors (Lipinski definition) is 2. The Morgan fingerprint density at radius 2 is 2.22 bits per heavy atom. The minimum atomic E-state index is -4.48. The van der Waals surface area contributed by atoms with Gasteiger partial charge in [-0.3, -0.25) is 4.52 Å². The molecule has 0 aliphatic carbocycles. The molecule has 6 heteroatoms. The summed E-state index contributed by atoms with van der Waals surface area (Å²) in [5.74, 6) is 0. The van der Waals surface area contributed by atoms with Crippen molar-refractivity contribution in [3.8, 4) is 0 Å². The number of hydrogen-bond donors (Lipinski definition) is 2. The second kappa shape index (κ2) is 3.27. The molecule has 0 saturated heterocycles. The maximum atomic E-state index is 11.4. The lowest BCUT2D eigenvalue weighted by Gasteiger charge is -2.08. The minimum absolute atomic E-state index is 0.898. The number of phosphoric acid groups is 1. The Morgan fingerprint density at radius 3 is 2.33 bits per heavy atom. The molecule has 9 heavy (non-hydrogen) atoms. The lowest BCUT2D eigenvalue weighted by Crippen LogP contribution is -2.07. The van der Waals surface area contributed by atoms with Gasteiger partial charge in [-0.05, 0) is 6.92 Å². The van der Waals surface area contributed by atoms with Gasteiger partial charge in [0.15, 0.2) is 0 Å². The maximum absolute atomic E-state index is 11.4. The molecule has 56 valence electrons. The van der Waals surface area contributed by atoms with Crippen LogP contribution in [0.15, 0.2) is 0 Å². The van der Waals surface area contributed by atoms with Crippen molar-refractivity contribution >= 4 is 7.82 Å². The van der Waals surface area contributed by atoms with E-state index in [0.717, 1.165) is 0 Å². The zero-order valence-electron chi connectivity index (χ0n) is 4.82. The molecule has 0 aromatic rings. The average Bonchev–Trinajstić information content (AvgIpc) is 1.62. The molecule has 0 rings (SSSR count). The summed E-state index contributed by atoms with van der Waals surface area (Å²) in [6.07, 6.45) is -1.04. The maximum Gasteiger partial charge on any atom is 0.469 e. The summed E-state index contributed by atoms with van der Waals surface area (Å²) in [4.78, 5) is 16.1. The molecule has 0 amide bonds. The standard InChI is InChI=1S/C3H8FO4P/c1-3(2-4)8-9(5,6)7/h3H,2H2,1H3,(H2,5,6,7). The van der Waals surface area contributed by atoms with Crippen molar-refractivity contribution in [2.75, 3.05) is 6.67 Å². The van der Waals surface area contributed by atoms with Crippen LogP contribution in [0.3, 0.4) is 0 Å². The third-order valence-electron chi connectivity index (χ3n) is 0.535. The first-order valence-corrected chi connectivity index (χ1v) is 3.78. The second-order valence-corrected chi connectivity index (χ2v) is 2.75. The summed E-state index contributed by atoms with van der Waals surface area (Å²) in [5.41, 5.74) is 0. The van der Waals surface area contributed by atoms with Gasteiger partial charge in [-0.25, -0.2) is 8.96 Å². The lowest BCUT2D eigenvalue weighted by atomic mass is 10.5. The van der Waals surface area contributed by atoms with Crippen LogP contribution in [0, 0.1) is 0 Å². The van der Waals surface area contributed by atoms with Crippen LogP contribution in [0.2, 0.25) is 0 Å². The van der Waals surface area contributed by atoms with Crippen LogP contribution >= 0.6 is 7.82 Å². The Hall–Kier alpha value is 0.0400.